The zero-order valence-electron chi connectivity index (χ0n) is 30.8. The molecule has 2 aliphatic carbocycles. The van der Waals surface area contributed by atoms with Gasteiger partial charge in [-0.05, 0) is 96.1 Å². The van der Waals surface area contributed by atoms with Crippen LogP contribution in [0.5, 0.6) is 0 Å². The number of aromatic nitrogens is 4. The van der Waals surface area contributed by atoms with E-state index >= 15 is 0 Å². The van der Waals surface area contributed by atoms with Crippen LogP contribution in [0.25, 0.3) is 61.4 Å². The summed E-state index contributed by atoms with van der Waals surface area (Å²) in [6.07, 6.45) is 13.9. The first-order valence-corrected chi connectivity index (χ1v) is 19.4. The number of para-hydroxylation sites is 3. The molecule has 0 spiro atoms. The van der Waals surface area contributed by atoms with Crippen LogP contribution in [0.4, 0.5) is 11.4 Å². The largest absolute Gasteiger partial charge is 0.313 e. The third-order valence-corrected chi connectivity index (χ3v) is 11.4. The van der Waals surface area contributed by atoms with Crippen molar-refractivity contribution >= 4 is 44.3 Å². The molecule has 0 amide bonds. The van der Waals surface area contributed by atoms with Crippen molar-refractivity contribution in [1.29, 1.82) is 0 Å². The van der Waals surface area contributed by atoms with Gasteiger partial charge in [-0.3, -0.25) is 0 Å². The van der Waals surface area contributed by atoms with Crippen molar-refractivity contribution < 1.29 is 0 Å². The lowest BCUT2D eigenvalue weighted by Gasteiger charge is -2.26. The average molecular weight is 720 g/mol. The molecule has 5 heteroatoms. The highest BCUT2D eigenvalue weighted by molar-refractivity contribution is 6.10. The van der Waals surface area contributed by atoms with E-state index in [4.69, 9.17) is 15.0 Å². The second kappa shape index (κ2) is 13.3. The van der Waals surface area contributed by atoms with Gasteiger partial charge >= 0.3 is 0 Å². The highest BCUT2D eigenvalue weighted by Crippen LogP contribution is 2.52. The number of allylic oxidation sites excluding steroid dienone is 8. The van der Waals surface area contributed by atoms with Gasteiger partial charge in [0.15, 0.2) is 17.5 Å². The van der Waals surface area contributed by atoms with E-state index < -0.39 is 0 Å². The smallest absolute Gasteiger partial charge is 0.164 e. The van der Waals surface area contributed by atoms with Crippen molar-refractivity contribution in [3.63, 3.8) is 0 Å². The van der Waals surface area contributed by atoms with Crippen LogP contribution < -0.4 is 4.90 Å². The molecule has 266 valence electrons. The summed E-state index contributed by atoms with van der Waals surface area (Å²) in [5, 5.41) is 2.47. The topological polar surface area (TPSA) is 46.8 Å². The number of hydrogen-bond donors (Lipinski definition) is 0. The number of rotatable bonds is 6. The molecule has 1 aliphatic heterocycles. The van der Waals surface area contributed by atoms with Gasteiger partial charge in [0, 0.05) is 50.6 Å². The first kappa shape index (κ1) is 32.3. The van der Waals surface area contributed by atoms with Crippen molar-refractivity contribution in [2.24, 2.45) is 0 Å². The number of hydrogen-bond acceptors (Lipinski definition) is 4. The molecule has 2 aromatic heterocycles. The van der Waals surface area contributed by atoms with Gasteiger partial charge in [0.25, 0.3) is 0 Å². The highest BCUT2D eigenvalue weighted by Gasteiger charge is 2.36. The molecular weight excluding hydrogens is 683 g/mol. The minimum absolute atomic E-state index is 0.301. The molecule has 5 nitrogen and oxygen atoms in total. The number of anilines is 2. The van der Waals surface area contributed by atoms with Crippen molar-refractivity contribution in [2.75, 3.05) is 4.90 Å². The zero-order chi connectivity index (χ0) is 37.0. The Morgan fingerprint density at radius 2 is 1.21 bits per heavy atom. The first-order chi connectivity index (χ1) is 27.8. The summed E-state index contributed by atoms with van der Waals surface area (Å²) in [5.41, 5.74) is 14.3. The summed E-state index contributed by atoms with van der Waals surface area (Å²) in [7, 11) is 0. The second-order valence-electron chi connectivity index (χ2n) is 14.7. The number of nitrogens with zero attached hydrogens (tertiary/aromatic N) is 5. The second-order valence-corrected chi connectivity index (χ2v) is 14.7. The summed E-state index contributed by atoms with van der Waals surface area (Å²) < 4.78 is 2.38. The van der Waals surface area contributed by atoms with Crippen LogP contribution in [0.2, 0.25) is 0 Å². The van der Waals surface area contributed by atoms with Crippen LogP contribution in [-0.4, -0.2) is 19.5 Å². The van der Waals surface area contributed by atoms with Gasteiger partial charge in [-0.2, -0.15) is 0 Å². The average Bonchev–Trinajstić information content (AvgIpc) is 3.79. The third-order valence-electron chi connectivity index (χ3n) is 11.4. The number of fused-ring (bicyclic) bond motifs is 6. The van der Waals surface area contributed by atoms with E-state index in [1.54, 1.807) is 0 Å². The monoisotopic (exact) mass is 719 g/mol. The Labute approximate surface area is 326 Å². The predicted octanol–water partition coefficient (Wildman–Crippen LogP) is 12.6. The number of benzene rings is 6. The Bertz CT molecular complexity index is 2950. The van der Waals surface area contributed by atoms with Crippen LogP contribution in [0.3, 0.4) is 0 Å². The summed E-state index contributed by atoms with van der Waals surface area (Å²) in [5.74, 6) is 2.39. The SMILES string of the molecule is C1=CCCC(c2nc(-c3ccccc3)nc(-c3cccc(-n4c5ccccc5c5cc(C6=CC=C7C(C6)c6ccccc6N7c6ccccc6)ccc54)c3)n2)=C1. The maximum atomic E-state index is 5.07. The predicted molar refractivity (Wildman–Crippen MR) is 230 cm³/mol. The Hall–Kier alpha value is -7.11. The van der Waals surface area contributed by atoms with Gasteiger partial charge in [0.1, 0.15) is 0 Å². The van der Waals surface area contributed by atoms with Crippen LogP contribution in [0.1, 0.15) is 42.1 Å². The van der Waals surface area contributed by atoms with Gasteiger partial charge in [-0.15, -0.1) is 0 Å². The Morgan fingerprint density at radius 1 is 0.500 bits per heavy atom. The molecule has 3 aliphatic rings. The molecule has 0 saturated carbocycles. The van der Waals surface area contributed by atoms with Gasteiger partial charge in [-0.25, -0.2) is 15.0 Å². The van der Waals surface area contributed by atoms with E-state index in [0.717, 1.165) is 47.5 Å². The molecule has 1 unspecified atom stereocenters. The third kappa shape index (κ3) is 5.43. The molecule has 8 aromatic rings. The van der Waals surface area contributed by atoms with E-state index in [9.17, 15) is 0 Å². The zero-order valence-corrected chi connectivity index (χ0v) is 30.8. The molecule has 56 heavy (non-hydrogen) atoms. The molecule has 0 N–H and O–H groups in total. The molecule has 0 saturated heterocycles. The quantitative estimate of drug-likeness (QED) is 0.172. The molecular formula is C51H37N5. The fraction of sp³-hybridized carbons (Fsp3) is 0.0784. The molecule has 0 radical (unpaired) electrons. The van der Waals surface area contributed by atoms with Crippen molar-refractivity contribution in [2.45, 2.75) is 25.2 Å². The molecule has 6 aromatic carbocycles. The van der Waals surface area contributed by atoms with Gasteiger partial charge < -0.3 is 9.47 Å². The summed E-state index contributed by atoms with van der Waals surface area (Å²) in [6.45, 7) is 0. The van der Waals surface area contributed by atoms with Crippen molar-refractivity contribution in [3.8, 4) is 28.5 Å². The van der Waals surface area contributed by atoms with Gasteiger partial charge in [0.05, 0.1) is 11.0 Å². The Morgan fingerprint density at radius 3 is 2.07 bits per heavy atom. The Balaban J connectivity index is 1.00. The van der Waals surface area contributed by atoms with Crippen LogP contribution in [0.15, 0.2) is 188 Å². The van der Waals surface area contributed by atoms with Crippen LogP contribution >= 0.6 is 0 Å². The van der Waals surface area contributed by atoms with E-state index in [1.165, 1.54) is 55.6 Å². The van der Waals surface area contributed by atoms with E-state index in [1.807, 2.05) is 18.2 Å². The van der Waals surface area contributed by atoms with Crippen molar-refractivity contribution in [3.05, 3.63) is 205 Å². The van der Waals surface area contributed by atoms with Gasteiger partial charge in [0.2, 0.25) is 0 Å². The minimum Gasteiger partial charge on any atom is -0.313 e. The lowest BCUT2D eigenvalue weighted by atomic mass is 9.84. The van der Waals surface area contributed by atoms with Gasteiger partial charge in [-0.1, -0.05) is 127 Å². The van der Waals surface area contributed by atoms with E-state index in [2.05, 4.69) is 173 Å². The molecule has 1 atom stereocenters. The summed E-state index contributed by atoms with van der Waals surface area (Å²) >= 11 is 0. The summed E-state index contributed by atoms with van der Waals surface area (Å²) in [6, 6.07) is 54.2. The fourth-order valence-corrected chi connectivity index (χ4v) is 8.79. The molecule has 0 fully saturated rings. The minimum atomic E-state index is 0.301. The maximum absolute atomic E-state index is 5.07. The lowest BCUT2D eigenvalue weighted by Crippen LogP contribution is -2.15. The maximum Gasteiger partial charge on any atom is 0.164 e. The lowest BCUT2D eigenvalue weighted by molar-refractivity contribution is 0.832. The molecule has 3 heterocycles. The highest BCUT2D eigenvalue weighted by atomic mass is 15.2. The van der Waals surface area contributed by atoms with E-state index in [-0.39, 0.29) is 0 Å². The Kier molecular flexibility index (Phi) is 7.69. The normalized spacial score (nSPS) is 16.0. The van der Waals surface area contributed by atoms with Crippen LogP contribution in [-0.2, 0) is 0 Å². The summed E-state index contributed by atoms with van der Waals surface area (Å²) in [4.78, 5) is 17.5. The molecule has 11 rings (SSSR count). The van der Waals surface area contributed by atoms with Crippen molar-refractivity contribution in [1.82, 2.24) is 19.5 Å². The molecule has 0 bridgehead atoms. The fourth-order valence-electron chi connectivity index (χ4n) is 8.79. The first-order valence-electron chi connectivity index (χ1n) is 19.4. The standard InChI is InChI=1S/C51H37N5/c1-4-15-34(16-5-1)49-52-50(35-17-6-2-7-18-35)54-51(53-49)38-19-14-22-40(31-38)56-46-26-13-11-24-42(46)44-33-37(28-30-48(44)56)36-27-29-47-43(32-36)41-23-10-12-25-45(41)55(47)39-20-8-3-9-21-39/h1-6,8-17,19-31,33,43H,7,18,32H2. The van der Waals surface area contributed by atoms with Crippen LogP contribution in [0, 0.1) is 0 Å². The van der Waals surface area contributed by atoms with E-state index in [0.29, 0.717) is 17.6 Å².